The Morgan fingerprint density at radius 3 is 2.57 bits per heavy atom. The molecule has 78 valence electrons. The number of aliphatic hydroxyl groups is 2. The van der Waals surface area contributed by atoms with Gasteiger partial charge in [-0.2, -0.15) is 0 Å². The van der Waals surface area contributed by atoms with Crippen molar-refractivity contribution in [3.8, 4) is 0 Å². The third-order valence-corrected chi connectivity index (χ3v) is 2.86. The van der Waals surface area contributed by atoms with Gasteiger partial charge >= 0.3 is 0 Å². The van der Waals surface area contributed by atoms with E-state index in [1.165, 1.54) is 11.8 Å². The lowest BCUT2D eigenvalue weighted by Crippen LogP contribution is -2.02. The van der Waals surface area contributed by atoms with Crippen LogP contribution in [0.2, 0.25) is 0 Å². The van der Waals surface area contributed by atoms with Crippen molar-refractivity contribution in [2.75, 3.05) is 6.61 Å². The molecule has 1 aromatic rings. The van der Waals surface area contributed by atoms with Gasteiger partial charge in [0.15, 0.2) is 0 Å². The van der Waals surface area contributed by atoms with Crippen molar-refractivity contribution in [2.24, 2.45) is 0 Å². The monoisotopic (exact) mass is 213 g/mol. The Hall–Kier alpha value is -0.580. The smallest absolute Gasteiger partial charge is 0.0963 e. The number of hydrogen-bond donors (Lipinski definition) is 2. The van der Waals surface area contributed by atoms with Crippen LogP contribution < -0.4 is 0 Å². The van der Waals surface area contributed by atoms with Crippen LogP contribution in [0, 0.1) is 0 Å². The summed E-state index contributed by atoms with van der Waals surface area (Å²) in [5, 5.41) is 19.1. The van der Waals surface area contributed by atoms with Crippen LogP contribution in [-0.4, -0.2) is 27.1 Å². The normalized spacial score (nSPS) is 15.1. The van der Waals surface area contributed by atoms with E-state index in [2.05, 4.69) is 4.98 Å². The Labute approximate surface area is 88.2 Å². The van der Waals surface area contributed by atoms with Crippen molar-refractivity contribution in [1.29, 1.82) is 0 Å². The summed E-state index contributed by atoms with van der Waals surface area (Å²) in [6.45, 7) is 3.79. The molecular formula is C10H15NO2S. The van der Waals surface area contributed by atoms with E-state index < -0.39 is 6.10 Å². The lowest BCUT2D eigenvalue weighted by atomic mass is 10.2. The van der Waals surface area contributed by atoms with Gasteiger partial charge in [-0.15, -0.1) is 11.8 Å². The van der Waals surface area contributed by atoms with E-state index in [0.717, 1.165) is 10.6 Å². The van der Waals surface area contributed by atoms with Crippen molar-refractivity contribution in [3.05, 3.63) is 23.9 Å². The molecular weight excluding hydrogens is 198 g/mol. The second kappa shape index (κ2) is 5.34. The molecule has 0 aromatic carbocycles. The average molecular weight is 213 g/mol. The summed E-state index contributed by atoms with van der Waals surface area (Å²) >= 11 is 1.52. The molecule has 0 radical (unpaired) electrons. The van der Waals surface area contributed by atoms with Gasteiger partial charge in [0.2, 0.25) is 0 Å². The Balaban J connectivity index is 2.64. The van der Waals surface area contributed by atoms with E-state index >= 15 is 0 Å². The Morgan fingerprint density at radius 2 is 2.14 bits per heavy atom. The van der Waals surface area contributed by atoms with Crippen LogP contribution in [0.4, 0.5) is 0 Å². The maximum atomic E-state index is 9.26. The fourth-order valence-electron chi connectivity index (χ4n) is 0.952. The Kier molecular flexibility index (Phi) is 4.38. The second-order valence-electron chi connectivity index (χ2n) is 3.22. The molecule has 14 heavy (non-hydrogen) atoms. The van der Waals surface area contributed by atoms with Gasteiger partial charge in [-0.3, -0.25) is 0 Å². The van der Waals surface area contributed by atoms with Crippen molar-refractivity contribution in [1.82, 2.24) is 4.98 Å². The van der Waals surface area contributed by atoms with E-state index in [9.17, 15) is 5.11 Å². The number of aliphatic hydroxyl groups excluding tert-OH is 2. The molecule has 2 atom stereocenters. The summed E-state index contributed by atoms with van der Waals surface area (Å²) < 4.78 is 0. The highest BCUT2D eigenvalue weighted by molar-refractivity contribution is 7.99. The third-order valence-electron chi connectivity index (χ3n) is 1.82. The van der Waals surface area contributed by atoms with Crippen molar-refractivity contribution < 1.29 is 10.2 Å². The van der Waals surface area contributed by atoms with Gasteiger partial charge in [-0.25, -0.2) is 4.98 Å². The summed E-state index contributed by atoms with van der Waals surface area (Å²) in [5.41, 5.74) is 0.811. The first kappa shape index (κ1) is 11.5. The summed E-state index contributed by atoms with van der Waals surface area (Å²) in [4.78, 5) is 4.18. The van der Waals surface area contributed by atoms with Gasteiger partial charge in [0.1, 0.15) is 0 Å². The zero-order chi connectivity index (χ0) is 10.6. The fourth-order valence-corrected chi connectivity index (χ4v) is 1.70. The third kappa shape index (κ3) is 3.29. The van der Waals surface area contributed by atoms with Crippen LogP contribution in [0.1, 0.15) is 25.5 Å². The largest absolute Gasteiger partial charge is 0.395 e. The van der Waals surface area contributed by atoms with Gasteiger partial charge < -0.3 is 10.2 Å². The topological polar surface area (TPSA) is 53.4 Å². The quantitative estimate of drug-likeness (QED) is 0.746. The summed E-state index contributed by atoms with van der Waals surface area (Å²) in [5.74, 6) is 0. The molecule has 1 aromatic heterocycles. The van der Waals surface area contributed by atoms with E-state index in [1.54, 1.807) is 13.1 Å². The predicted octanol–water partition coefficient (Wildman–Crippen LogP) is 1.61. The van der Waals surface area contributed by atoms with Crippen LogP contribution in [0.25, 0.3) is 0 Å². The molecule has 0 spiro atoms. The molecule has 0 amide bonds. The highest BCUT2D eigenvalue weighted by atomic mass is 32.2. The average Bonchev–Trinajstić information content (AvgIpc) is 2.18. The van der Waals surface area contributed by atoms with E-state index in [1.807, 2.05) is 19.1 Å². The standard InChI is InChI=1S/C10H15NO2S/c1-7(6-12)14-10-4-3-9(5-11-10)8(2)13/h3-5,7-8,12-13H,6H2,1-2H3. The molecule has 3 nitrogen and oxygen atoms in total. The van der Waals surface area contributed by atoms with E-state index in [-0.39, 0.29) is 11.9 Å². The minimum atomic E-state index is -0.475. The molecule has 2 unspecified atom stereocenters. The van der Waals surface area contributed by atoms with Gasteiger partial charge in [-0.1, -0.05) is 13.0 Å². The first-order chi connectivity index (χ1) is 6.63. The number of aromatic nitrogens is 1. The second-order valence-corrected chi connectivity index (χ2v) is 4.68. The lowest BCUT2D eigenvalue weighted by Gasteiger charge is -2.08. The Morgan fingerprint density at radius 1 is 1.43 bits per heavy atom. The van der Waals surface area contributed by atoms with Crippen LogP contribution in [0.5, 0.6) is 0 Å². The SMILES string of the molecule is CC(CO)Sc1ccc(C(C)O)cn1. The summed E-state index contributed by atoms with van der Waals surface area (Å²) in [7, 11) is 0. The summed E-state index contributed by atoms with van der Waals surface area (Å²) in [6, 6.07) is 3.71. The number of hydrogen-bond acceptors (Lipinski definition) is 4. The predicted molar refractivity (Wildman–Crippen MR) is 57.3 cm³/mol. The minimum Gasteiger partial charge on any atom is -0.395 e. The van der Waals surface area contributed by atoms with Crippen molar-refractivity contribution in [3.63, 3.8) is 0 Å². The number of nitrogens with zero attached hydrogens (tertiary/aromatic N) is 1. The summed E-state index contributed by atoms with van der Waals surface area (Å²) in [6.07, 6.45) is 1.19. The van der Waals surface area contributed by atoms with Crippen molar-refractivity contribution in [2.45, 2.75) is 30.2 Å². The van der Waals surface area contributed by atoms with E-state index in [4.69, 9.17) is 5.11 Å². The van der Waals surface area contributed by atoms with Crippen LogP contribution >= 0.6 is 11.8 Å². The minimum absolute atomic E-state index is 0.143. The van der Waals surface area contributed by atoms with Gasteiger partial charge in [0.05, 0.1) is 17.7 Å². The molecule has 0 aliphatic heterocycles. The maximum Gasteiger partial charge on any atom is 0.0963 e. The first-order valence-electron chi connectivity index (χ1n) is 4.55. The molecule has 0 saturated heterocycles. The number of pyridine rings is 1. The Bertz CT molecular complexity index is 274. The van der Waals surface area contributed by atoms with Crippen molar-refractivity contribution >= 4 is 11.8 Å². The van der Waals surface area contributed by atoms with E-state index in [0.29, 0.717) is 0 Å². The zero-order valence-corrected chi connectivity index (χ0v) is 9.16. The maximum absolute atomic E-state index is 9.26. The highest BCUT2D eigenvalue weighted by Crippen LogP contribution is 2.21. The molecule has 1 rings (SSSR count). The molecule has 0 bridgehead atoms. The van der Waals surface area contributed by atoms with Gasteiger partial charge in [0.25, 0.3) is 0 Å². The van der Waals surface area contributed by atoms with Gasteiger partial charge in [-0.05, 0) is 18.6 Å². The van der Waals surface area contributed by atoms with Crippen LogP contribution in [-0.2, 0) is 0 Å². The number of rotatable bonds is 4. The van der Waals surface area contributed by atoms with Crippen LogP contribution in [0.3, 0.4) is 0 Å². The highest BCUT2D eigenvalue weighted by Gasteiger charge is 2.05. The molecule has 2 N–H and O–H groups in total. The lowest BCUT2D eigenvalue weighted by molar-refractivity contribution is 0.198. The van der Waals surface area contributed by atoms with Gasteiger partial charge in [0, 0.05) is 11.4 Å². The zero-order valence-electron chi connectivity index (χ0n) is 8.34. The molecule has 4 heteroatoms. The first-order valence-corrected chi connectivity index (χ1v) is 5.43. The number of thioether (sulfide) groups is 1. The molecule has 0 fully saturated rings. The molecule has 0 aliphatic carbocycles. The molecule has 0 saturated carbocycles. The molecule has 1 heterocycles. The molecule has 0 aliphatic rings. The van der Waals surface area contributed by atoms with Crippen LogP contribution in [0.15, 0.2) is 23.4 Å². The fraction of sp³-hybridized carbons (Fsp3) is 0.500.